The van der Waals surface area contributed by atoms with Crippen molar-refractivity contribution in [3.63, 3.8) is 0 Å². The molecule has 1 aromatic carbocycles. The van der Waals surface area contributed by atoms with Crippen molar-refractivity contribution in [1.29, 1.82) is 0 Å². The van der Waals surface area contributed by atoms with Gasteiger partial charge in [0.05, 0.1) is 11.1 Å². The molecular weight excluding hydrogens is 214 g/mol. The number of aromatic nitrogens is 1. The van der Waals surface area contributed by atoms with Gasteiger partial charge in [-0.1, -0.05) is 25.5 Å². The van der Waals surface area contributed by atoms with Crippen LogP contribution in [-0.4, -0.2) is 16.1 Å². The van der Waals surface area contributed by atoms with Crippen LogP contribution in [0.2, 0.25) is 0 Å². The normalized spacial score (nSPS) is 11.1. The van der Waals surface area contributed by atoms with Gasteiger partial charge in [0.1, 0.15) is 0 Å². The van der Waals surface area contributed by atoms with E-state index in [1.165, 1.54) is 6.20 Å². The summed E-state index contributed by atoms with van der Waals surface area (Å²) in [7, 11) is 0. The van der Waals surface area contributed by atoms with Gasteiger partial charge in [0.25, 0.3) is 0 Å². The molecule has 0 fully saturated rings. The third-order valence-electron chi connectivity index (χ3n) is 2.83. The number of aryl methyl sites for hydroxylation is 1. The molecule has 0 unspecified atom stereocenters. The molecule has 3 heteroatoms. The first kappa shape index (κ1) is 11.6. The summed E-state index contributed by atoms with van der Waals surface area (Å²) in [5.41, 5.74) is 3.43. The molecule has 0 aliphatic heterocycles. The van der Waals surface area contributed by atoms with Gasteiger partial charge in [-0.25, -0.2) is 4.79 Å². The van der Waals surface area contributed by atoms with E-state index in [4.69, 9.17) is 5.11 Å². The number of carbonyl (C=O) groups is 1. The van der Waals surface area contributed by atoms with Crippen molar-refractivity contribution in [3.05, 3.63) is 41.1 Å². The van der Waals surface area contributed by atoms with Crippen molar-refractivity contribution in [2.75, 3.05) is 0 Å². The molecule has 88 valence electrons. The molecule has 2 aromatic rings. The largest absolute Gasteiger partial charge is 0.478 e. The number of hydrogen-bond donors (Lipinski definition) is 1. The van der Waals surface area contributed by atoms with Gasteiger partial charge in [0.15, 0.2) is 0 Å². The zero-order valence-electron chi connectivity index (χ0n) is 10.2. The van der Waals surface area contributed by atoms with Gasteiger partial charge in [-0.05, 0) is 30.5 Å². The zero-order valence-corrected chi connectivity index (χ0v) is 10.2. The van der Waals surface area contributed by atoms with E-state index >= 15 is 0 Å². The summed E-state index contributed by atoms with van der Waals surface area (Å²) in [6.45, 7) is 6.24. The smallest absolute Gasteiger partial charge is 0.337 e. The van der Waals surface area contributed by atoms with Crippen LogP contribution in [0, 0.1) is 6.92 Å². The van der Waals surface area contributed by atoms with Crippen LogP contribution in [0.4, 0.5) is 0 Å². The Balaban J connectivity index is 2.75. The maximum Gasteiger partial charge on any atom is 0.337 e. The van der Waals surface area contributed by atoms with Gasteiger partial charge in [0, 0.05) is 11.6 Å². The summed E-state index contributed by atoms with van der Waals surface area (Å²) < 4.78 is 0. The second-order valence-electron chi connectivity index (χ2n) is 4.61. The van der Waals surface area contributed by atoms with E-state index in [-0.39, 0.29) is 5.56 Å². The van der Waals surface area contributed by atoms with E-state index in [2.05, 4.69) is 24.9 Å². The van der Waals surface area contributed by atoms with Gasteiger partial charge < -0.3 is 5.11 Å². The van der Waals surface area contributed by atoms with Crippen molar-refractivity contribution < 1.29 is 9.90 Å². The maximum atomic E-state index is 10.9. The lowest BCUT2D eigenvalue weighted by molar-refractivity contribution is 0.0696. The van der Waals surface area contributed by atoms with Gasteiger partial charge in [-0.15, -0.1) is 0 Å². The SMILES string of the molecule is Cc1cc(C(C)C)c2ncc(C(=O)O)cc2c1. The van der Waals surface area contributed by atoms with Crippen LogP contribution in [0.25, 0.3) is 10.9 Å². The van der Waals surface area contributed by atoms with Crippen LogP contribution in [0.3, 0.4) is 0 Å². The molecule has 1 N–H and O–H groups in total. The van der Waals surface area contributed by atoms with Crippen LogP contribution in [0.1, 0.15) is 41.3 Å². The van der Waals surface area contributed by atoms with E-state index < -0.39 is 5.97 Å². The minimum Gasteiger partial charge on any atom is -0.478 e. The fourth-order valence-electron chi connectivity index (χ4n) is 1.99. The predicted molar refractivity (Wildman–Crippen MR) is 67.5 cm³/mol. The summed E-state index contributed by atoms with van der Waals surface area (Å²) in [5.74, 6) is -0.562. The summed E-state index contributed by atoms with van der Waals surface area (Å²) in [5, 5.41) is 9.85. The second kappa shape index (κ2) is 4.17. The van der Waals surface area contributed by atoms with E-state index in [1.54, 1.807) is 6.07 Å². The number of fused-ring (bicyclic) bond motifs is 1. The van der Waals surface area contributed by atoms with E-state index in [0.29, 0.717) is 5.92 Å². The van der Waals surface area contributed by atoms with Crippen LogP contribution >= 0.6 is 0 Å². The Kier molecular flexibility index (Phi) is 2.84. The maximum absolute atomic E-state index is 10.9. The molecule has 0 amide bonds. The average molecular weight is 229 g/mol. The molecular formula is C14H15NO2. The minimum absolute atomic E-state index is 0.234. The topological polar surface area (TPSA) is 50.2 Å². The Morgan fingerprint density at radius 2 is 2.00 bits per heavy atom. The molecule has 0 saturated carbocycles. The van der Waals surface area contributed by atoms with E-state index in [9.17, 15) is 4.79 Å². The number of carboxylic acid groups (broad SMARTS) is 1. The molecule has 1 aromatic heterocycles. The number of pyridine rings is 1. The highest BCUT2D eigenvalue weighted by Gasteiger charge is 2.10. The van der Waals surface area contributed by atoms with Gasteiger partial charge in [0.2, 0.25) is 0 Å². The molecule has 0 radical (unpaired) electrons. The van der Waals surface area contributed by atoms with Gasteiger partial charge >= 0.3 is 5.97 Å². The quantitative estimate of drug-likeness (QED) is 0.859. The van der Waals surface area contributed by atoms with Crippen LogP contribution in [0.5, 0.6) is 0 Å². The molecule has 3 nitrogen and oxygen atoms in total. The van der Waals surface area contributed by atoms with Crippen molar-refractivity contribution in [3.8, 4) is 0 Å². The van der Waals surface area contributed by atoms with E-state index in [1.807, 2.05) is 13.0 Å². The lowest BCUT2D eigenvalue weighted by Crippen LogP contribution is -1.99. The Hall–Kier alpha value is -1.90. The zero-order chi connectivity index (χ0) is 12.6. The number of rotatable bonds is 2. The van der Waals surface area contributed by atoms with Crippen LogP contribution < -0.4 is 0 Å². The molecule has 0 bridgehead atoms. The second-order valence-corrected chi connectivity index (χ2v) is 4.61. The molecule has 2 rings (SSSR count). The third kappa shape index (κ3) is 2.13. The Bertz CT molecular complexity index is 588. The van der Waals surface area contributed by atoms with Crippen LogP contribution in [-0.2, 0) is 0 Å². The van der Waals surface area contributed by atoms with Crippen molar-refractivity contribution >= 4 is 16.9 Å². The minimum atomic E-state index is -0.938. The monoisotopic (exact) mass is 229 g/mol. The third-order valence-corrected chi connectivity index (χ3v) is 2.83. The molecule has 0 aliphatic carbocycles. The summed E-state index contributed by atoms with van der Waals surface area (Å²) in [6.07, 6.45) is 1.42. The van der Waals surface area contributed by atoms with Crippen molar-refractivity contribution in [2.45, 2.75) is 26.7 Å². The Morgan fingerprint density at radius 3 is 2.59 bits per heavy atom. The summed E-state index contributed by atoms with van der Waals surface area (Å²) >= 11 is 0. The van der Waals surface area contributed by atoms with Gasteiger partial charge in [-0.3, -0.25) is 4.98 Å². The molecule has 0 spiro atoms. The highest BCUT2D eigenvalue weighted by Crippen LogP contribution is 2.26. The molecule has 17 heavy (non-hydrogen) atoms. The lowest BCUT2D eigenvalue weighted by atomic mass is 9.97. The highest BCUT2D eigenvalue weighted by molar-refractivity contribution is 5.93. The first-order valence-corrected chi connectivity index (χ1v) is 5.62. The van der Waals surface area contributed by atoms with E-state index in [0.717, 1.165) is 22.0 Å². The molecule has 0 aliphatic rings. The summed E-state index contributed by atoms with van der Waals surface area (Å²) in [6, 6.07) is 5.77. The first-order chi connectivity index (χ1) is 7.99. The standard InChI is InChI=1S/C14H15NO2/c1-8(2)12-5-9(3)4-10-6-11(14(16)17)7-15-13(10)12/h4-8H,1-3H3,(H,16,17). The highest BCUT2D eigenvalue weighted by atomic mass is 16.4. The number of hydrogen-bond acceptors (Lipinski definition) is 2. The fourth-order valence-corrected chi connectivity index (χ4v) is 1.99. The predicted octanol–water partition coefficient (Wildman–Crippen LogP) is 3.36. The van der Waals surface area contributed by atoms with Crippen molar-refractivity contribution in [1.82, 2.24) is 4.98 Å². The average Bonchev–Trinajstić information content (AvgIpc) is 2.26. The Morgan fingerprint density at radius 1 is 1.29 bits per heavy atom. The number of carboxylic acids is 1. The first-order valence-electron chi connectivity index (χ1n) is 5.62. The fraction of sp³-hybridized carbons (Fsp3) is 0.286. The molecule has 0 saturated heterocycles. The number of benzene rings is 1. The lowest BCUT2D eigenvalue weighted by Gasteiger charge is -2.11. The van der Waals surface area contributed by atoms with Crippen LogP contribution in [0.15, 0.2) is 24.4 Å². The molecule has 0 atom stereocenters. The number of aromatic carboxylic acids is 1. The Labute approximate surface area is 100 Å². The summed E-state index contributed by atoms with van der Waals surface area (Å²) in [4.78, 5) is 15.2. The van der Waals surface area contributed by atoms with Crippen molar-refractivity contribution in [2.24, 2.45) is 0 Å². The number of nitrogens with zero attached hydrogens (tertiary/aromatic N) is 1. The van der Waals surface area contributed by atoms with Gasteiger partial charge in [-0.2, -0.15) is 0 Å². The molecule has 1 heterocycles.